The molecule has 0 saturated carbocycles. The molecule has 1 amide bonds. The number of rotatable bonds is 8. The summed E-state index contributed by atoms with van der Waals surface area (Å²) in [6.45, 7) is 6.42. The number of aromatic nitrogens is 3. The van der Waals surface area contributed by atoms with Gasteiger partial charge in [0.25, 0.3) is 0 Å². The van der Waals surface area contributed by atoms with Crippen molar-refractivity contribution in [1.82, 2.24) is 14.8 Å². The first-order chi connectivity index (χ1) is 14.3. The molecule has 3 aromatic rings. The first-order valence-electron chi connectivity index (χ1n) is 9.14. The third-order valence-corrected chi connectivity index (χ3v) is 5.15. The van der Waals surface area contributed by atoms with Crippen LogP contribution < -0.4 is 5.32 Å². The topological polar surface area (TPSA) is 116 Å². The molecule has 0 spiro atoms. The lowest BCUT2D eigenvalue weighted by Gasteiger charge is -2.14. The van der Waals surface area contributed by atoms with Crippen LogP contribution in [0, 0.1) is 21.8 Å². The number of nitrogens with one attached hydrogen (secondary N) is 1. The molecule has 158 valence electrons. The molecule has 0 saturated heterocycles. The molecule has 1 aromatic carbocycles. The van der Waals surface area contributed by atoms with E-state index in [2.05, 4.69) is 29.4 Å². The number of thioether (sulfide) groups is 1. The number of furan rings is 1. The Hall–Kier alpha value is -3.21. The SMILES string of the molecule is CC(C)Cn1c(SC(C)C(=O)Nc2ccc(F)c([N+](=O)[O-])c2)nnc1-c1ccco1. The van der Waals surface area contributed by atoms with Crippen LogP contribution in [0.15, 0.2) is 46.2 Å². The molecule has 2 heterocycles. The average Bonchev–Trinajstić information content (AvgIpc) is 3.33. The minimum atomic E-state index is -0.965. The van der Waals surface area contributed by atoms with Gasteiger partial charge in [0.2, 0.25) is 11.7 Å². The van der Waals surface area contributed by atoms with Crippen LogP contribution in [0.25, 0.3) is 11.6 Å². The minimum Gasteiger partial charge on any atom is -0.461 e. The fraction of sp³-hybridized carbons (Fsp3) is 0.316. The number of halogens is 1. The lowest BCUT2D eigenvalue weighted by Crippen LogP contribution is -2.23. The van der Waals surface area contributed by atoms with Crippen molar-refractivity contribution in [2.75, 3.05) is 5.32 Å². The summed E-state index contributed by atoms with van der Waals surface area (Å²) in [5, 5.41) is 21.8. The Labute approximate surface area is 175 Å². The van der Waals surface area contributed by atoms with Crippen molar-refractivity contribution in [3.63, 3.8) is 0 Å². The lowest BCUT2D eigenvalue weighted by molar-refractivity contribution is -0.387. The molecular weight excluding hydrogens is 413 g/mol. The molecule has 0 bridgehead atoms. The van der Waals surface area contributed by atoms with Gasteiger partial charge in [-0.3, -0.25) is 19.5 Å². The summed E-state index contributed by atoms with van der Waals surface area (Å²) in [5.74, 6) is 0.0777. The minimum absolute atomic E-state index is 0.139. The van der Waals surface area contributed by atoms with Gasteiger partial charge in [-0.1, -0.05) is 25.6 Å². The molecule has 3 rings (SSSR count). The largest absolute Gasteiger partial charge is 0.461 e. The second-order valence-electron chi connectivity index (χ2n) is 6.96. The molecule has 1 unspecified atom stereocenters. The third-order valence-electron chi connectivity index (χ3n) is 4.07. The van der Waals surface area contributed by atoms with E-state index in [-0.39, 0.29) is 5.69 Å². The maximum Gasteiger partial charge on any atom is 0.306 e. The van der Waals surface area contributed by atoms with E-state index >= 15 is 0 Å². The highest BCUT2D eigenvalue weighted by atomic mass is 32.2. The van der Waals surface area contributed by atoms with E-state index in [1.165, 1.54) is 17.8 Å². The Kier molecular flexibility index (Phi) is 6.50. The van der Waals surface area contributed by atoms with Crippen molar-refractivity contribution >= 4 is 29.0 Å². The number of amides is 1. The van der Waals surface area contributed by atoms with Crippen molar-refractivity contribution in [1.29, 1.82) is 0 Å². The van der Waals surface area contributed by atoms with Crippen molar-refractivity contribution in [3.05, 3.63) is 52.5 Å². The van der Waals surface area contributed by atoms with Crippen LogP contribution in [0.3, 0.4) is 0 Å². The number of carbonyl (C=O) groups is 1. The van der Waals surface area contributed by atoms with Crippen LogP contribution in [-0.4, -0.2) is 30.8 Å². The molecule has 0 aliphatic carbocycles. The van der Waals surface area contributed by atoms with Crippen LogP contribution in [0.5, 0.6) is 0 Å². The summed E-state index contributed by atoms with van der Waals surface area (Å²) in [4.78, 5) is 22.6. The predicted octanol–water partition coefficient (Wildman–Crippen LogP) is 4.36. The number of carbonyl (C=O) groups excluding carboxylic acids is 1. The highest BCUT2D eigenvalue weighted by Gasteiger charge is 2.23. The highest BCUT2D eigenvalue weighted by molar-refractivity contribution is 8.00. The Morgan fingerprint density at radius 1 is 1.33 bits per heavy atom. The van der Waals surface area contributed by atoms with E-state index in [4.69, 9.17) is 4.42 Å². The summed E-state index contributed by atoms with van der Waals surface area (Å²) in [6, 6.07) is 6.75. The highest BCUT2D eigenvalue weighted by Crippen LogP contribution is 2.29. The Bertz CT molecular complexity index is 1050. The fourth-order valence-electron chi connectivity index (χ4n) is 2.68. The van der Waals surface area contributed by atoms with E-state index in [1.54, 1.807) is 25.3 Å². The fourth-order valence-corrected chi connectivity index (χ4v) is 3.54. The van der Waals surface area contributed by atoms with Crippen molar-refractivity contribution in [2.45, 2.75) is 37.7 Å². The standard InChI is InChI=1S/C19H20FN5O4S/c1-11(2)10-24-17(16-5-4-8-29-16)22-23-19(24)30-12(3)18(26)21-13-6-7-14(20)15(9-13)25(27)28/h4-9,11-12H,10H2,1-3H3,(H,21,26). The molecule has 2 aromatic heterocycles. The van der Waals surface area contributed by atoms with Gasteiger partial charge in [-0.25, -0.2) is 0 Å². The number of nitro groups is 1. The zero-order valence-corrected chi connectivity index (χ0v) is 17.4. The summed E-state index contributed by atoms with van der Waals surface area (Å²) in [5.41, 5.74) is -0.562. The molecule has 11 heteroatoms. The number of anilines is 1. The molecule has 0 aliphatic heterocycles. The van der Waals surface area contributed by atoms with Crippen molar-refractivity contribution in [3.8, 4) is 11.6 Å². The van der Waals surface area contributed by atoms with Gasteiger partial charge in [0.15, 0.2) is 16.7 Å². The smallest absolute Gasteiger partial charge is 0.306 e. The summed E-state index contributed by atoms with van der Waals surface area (Å²) in [7, 11) is 0. The Morgan fingerprint density at radius 2 is 2.10 bits per heavy atom. The van der Waals surface area contributed by atoms with Crippen LogP contribution in [0.4, 0.5) is 15.8 Å². The van der Waals surface area contributed by atoms with E-state index in [1.807, 2.05) is 4.57 Å². The van der Waals surface area contributed by atoms with Crippen LogP contribution in [0.2, 0.25) is 0 Å². The normalized spacial score (nSPS) is 12.2. The molecular formula is C19H20FN5O4S. The molecule has 9 nitrogen and oxygen atoms in total. The predicted molar refractivity (Wildman–Crippen MR) is 110 cm³/mol. The Balaban J connectivity index is 1.77. The van der Waals surface area contributed by atoms with Crippen LogP contribution in [-0.2, 0) is 11.3 Å². The van der Waals surface area contributed by atoms with Gasteiger partial charge in [0.1, 0.15) is 0 Å². The van der Waals surface area contributed by atoms with Gasteiger partial charge >= 0.3 is 5.69 Å². The van der Waals surface area contributed by atoms with Crippen LogP contribution in [0.1, 0.15) is 20.8 Å². The second kappa shape index (κ2) is 9.08. The Morgan fingerprint density at radius 3 is 2.73 bits per heavy atom. The third kappa shape index (κ3) is 4.85. The monoisotopic (exact) mass is 433 g/mol. The number of benzene rings is 1. The van der Waals surface area contributed by atoms with Gasteiger partial charge in [-0.2, -0.15) is 4.39 Å². The maximum absolute atomic E-state index is 13.5. The van der Waals surface area contributed by atoms with Gasteiger partial charge < -0.3 is 9.73 Å². The first kappa shape index (κ1) is 21.5. The van der Waals surface area contributed by atoms with Crippen molar-refractivity contribution in [2.24, 2.45) is 5.92 Å². The van der Waals surface area contributed by atoms with Gasteiger partial charge in [-0.15, -0.1) is 10.2 Å². The lowest BCUT2D eigenvalue weighted by atomic mass is 10.2. The summed E-state index contributed by atoms with van der Waals surface area (Å²) >= 11 is 1.20. The zero-order valence-electron chi connectivity index (χ0n) is 16.5. The number of hydrogen-bond donors (Lipinski definition) is 1. The molecule has 1 atom stereocenters. The summed E-state index contributed by atoms with van der Waals surface area (Å²) in [6.07, 6.45) is 1.55. The molecule has 30 heavy (non-hydrogen) atoms. The van der Waals surface area contributed by atoms with Gasteiger partial charge in [0.05, 0.1) is 16.4 Å². The summed E-state index contributed by atoms with van der Waals surface area (Å²) < 4.78 is 20.8. The zero-order chi connectivity index (χ0) is 21.8. The molecule has 0 radical (unpaired) electrons. The van der Waals surface area contributed by atoms with Crippen LogP contribution >= 0.6 is 11.8 Å². The van der Waals surface area contributed by atoms with Crippen molar-refractivity contribution < 1.29 is 18.5 Å². The molecule has 0 fully saturated rings. The second-order valence-corrected chi connectivity index (χ2v) is 8.27. The molecule has 1 N–H and O–H groups in total. The van der Waals surface area contributed by atoms with Gasteiger partial charge in [-0.05, 0) is 37.1 Å². The number of nitro benzene ring substituents is 1. The van der Waals surface area contributed by atoms with E-state index in [9.17, 15) is 19.3 Å². The number of hydrogen-bond acceptors (Lipinski definition) is 7. The van der Waals surface area contributed by atoms with E-state index in [0.29, 0.717) is 29.2 Å². The van der Waals surface area contributed by atoms with E-state index < -0.39 is 27.6 Å². The maximum atomic E-state index is 13.5. The first-order valence-corrected chi connectivity index (χ1v) is 10.0. The quantitative estimate of drug-likeness (QED) is 0.319. The van der Waals surface area contributed by atoms with Gasteiger partial charge in [0, 0.05) is 18.3 Å². The number of nitrogens with zero attached hydrogens (tertiary/aromatic N) is 4. The van der Waals surface area contributed by atoms with E-state index in [0.717, 1.165) is 12.1 Å². The molecule has 0 aliphatic rings. The average molecular weight is 433 g/mol.